The minimum atomic E-state index is 0.611. The van der Waals surface area contributed by atoms with E-state index in [0.29, 0.717) is 5.56 Å². The SMILES string of the molecule is Cc1ccc2c(c1)n1c3ccccc3nc1n(-c1ccc(C#N)cc1)c1nc3ccccc3n21. The summed E-state index contributed by atoms with van der Waals surface area (Å²) in [5, 5.41) is 9.34. The number of nitriles is 1. The predicted octanol–water partition coefficient (Wildman–Crippen LogP) is 5.97. The van der Waals surface area contributed by atoms with Crippen LogP contribution in [0.25, 0.3) is 50.3 Å². The Bertz CT molecular complexity index is 1980. The molecule has 6 heteroatoms. The summed E-state index contributed by atoms with van der Waals surface area (Å²) in [6.07, 6.45) is 0. The molecule has 6 nitrogen and oxygen atoms in total. The number of hydrogen-bond donors (Lipinski definition) is 0. The Hall–Kier alpha value is -4.89. The van der Waals surface area contributed by atoms with Crippen molar-refractivity contribution < 1.29 is 0 Å². The first-order valence-corrected chi connectivity index (χ1v) is 11.1. The number of para-hydroxylation sites is 4. The molecule has 34 heavy (non-hydrogen) atoms. The zero-order valence-corrected chi connectivity index (χ0v) is 18.3. The van der Waals surface area contributed by atoms with E-state index in [2.05, 4.69) is 56.7 Å². The van der Waals surface area contributed by atoms with Crippen molar-refractivity contribution in [3.05, 3.63) is 102 Å². The van der Waals surface area contributed by atoms with E-state index in [1.54, 1.807) is 0 Å². The van der Waals surface area contributed by atoms with Gasteiger partial charge in [0.15, 0.2) is 0 Å². The normalized spacial score (nSPS) is 11.6. The fourth-order valence-electron chi connectivity index (χ4n) is 4.81. The molecule has 3 aromatic heterocycles. The van der Waals surface area contributed by atoms with Gasteiger partial charge in [-0.25, -0.2) is 14.5 Å². The lowest BCUT2D eigenvalue weighted by atomic mass is 10.2. The van der Waals surface area contributed by atoms with Gasteiger partial charge in [0.25, 0.3) is 0 Å². The van der Waals surface area contributed by atoms with Crippen molar-refractivity contribution in [2.45, 2.75) is 6.92 Å². The molecule has 7 aromatic rings. The lowest BCUT2D eigenvalue weighted by Crippen LogP contribution is -2.02. The van der Waals surface area contributed by atoms with Crippen LogP contribution in [-0.2, 0) is 0 Å². The van der Waals surface area contributed by atoms with Crippen molar-refractivity contribution in [3.8, 4) is 11.8 Å². The van der Waals surface area contributed by atoms with E-state index < -0.39 is 0 Å². The van der Waals surface area contributed by atoms with E-state index in [1.807, 2.05) is 60.7 Å². The Kier molecular flexibility index (Phi) is 3.73. The van der Waals surface area contributed by atoms with Gasteiger partial charge in [0, 0.05) is 0 Å². The van der Waals surface area contributed by atoms with Crippen LogP contribution in [0.4, 0.5) is 0 Å². The zero-order chi connectivity index (χ0) is 22.8. The minimum absolute atomic E-state index is 0.611. The van der Waals surface area contributed by atoms with Crippen molar-refractivity contribution >= 4 is 44.7 Å². The van der Waals surface area contributed by atoms with Gasteiger partial charge in [0.05, 0.1) is 50.4 Å². The van der Waals surface area contributed by atoms with Gasteiger partial charge in [-0.3, -0.25) is 8.80 Å². The van der Waals surface area contributed by atoms with Gasteiger partial charge in [0.2, 0.25) is 11.6 Å². The van der Waals surface area contributed by atoms with E-state index in [9.17, 15) is 5.26 Å². The van der Waals surface area contributed by atoms with Gasteiger partial charge < -0.3 is 0 Å². The van der Waals surface area contributed by atoms with Gasteiger partial charge >= 0.3 is 0 Å². The van der Waals surface area contributed by atoms with Crippen LogP contribution in [0.2, 0.25) is 0 Å². The van der Waals surface area contributed by atoms with Crippen LogP contribution in [0.3, 0.4) is 0 Å². The van der Waals surface area contributed by atoms with Crippen LogP contribution in [0, 0.1) is 18.3 Å². The minimum Gasteiger partial charge on any atom is -0.276 e. The third-order valence-electron chi connectivity index (χ3n) is 6.35. The van der Waals surface area contributed by atoms with Crippen molar-refractivity contribution in [1.29, 1.82) is 5.26 Å². The number of fused-ring (bicyclic) bond motifs is 9. The summed E-state index contributed by atoms with van der Waals surface area (Å²) >= 11 is 0. The second kappa shape index (κ2) is 6.80. The molecule has 0 unspecified atom stereocenters. The van der Waals surface area contributed by atoms with E-state index in [-0.39, 0.29) is 0 Å². The molecule has 0 spiro atoms. The van der Waals surface area contributed by atoms with Gasteiger partial charge in [-0.1, -0.05) is 30.3 Å². The average molecular weight is 438 g/mol. The van der Waals surface area contributed by atoms with Crippen LogP contribution >= 0.6 is 0 Å². The number of hydrogen-bond acceptors (Lipinski definition) is 3. The highest BCUT2D eigenvalue weighted by Gasteiger charge is 2.18. The highest BCUT2D eigenvalue weighted by atomic mass is 15.3. The maximum Gasteiger partial charge on any atom is 0.223 e. The molecule has 0 fully saturated rings. The maximum absolute atomic E-state index is 9.34. The first-order valence-electron chi connectivity index (χ1n) is 11.1. The summed E-state index contributed by atoms with van der Waals surface area (Å²) in [5.74, 6) is 1.51. The van der Waals surface area contributed by atoms with Crippen LogP contribution in [0.5, 0.6) is 0 Å². The van der Waals surface area contributed by atoms with Gasteiger partial charge in [0.1, 0.15) is 0 Å². The molecule has 0 saturated heterocycles. The Morgan fingerprint density at radius 1 is 0.647 bits per heavy atom. The molecule has 0 amide bonds. The molecular formula is C28H18N6. The summed E-state index contributed by atoms with van der Waals surface area (Å²) in [4.78, 5) is 10.2. The van der Waals surface area contributed by atoms with E-state index in [1.165, 1.54) is 5.56 Å². The van der Waals surface area contributed by atoms with Crippen LogP contribution in [0.1, 0.15) is 11.1 Å². The Morgan fingerprint density at radius 3 is 1.85 bits per heavy atom. The van der Waals surface area contributed by atoms with Gasteiger partial charge in [-0.05, 0) is 73.2 Å². The summed E-state index contributed by atoms with van der Waals surface area (Å²) in [5.41, 5.74) is 8.62. The smallest absolute Gasteiger partial charge is 0.223 e. The standard InChI is InChI=1S/C28H18N6/c1-18-10-15-25-26(16-18)34-24-9-5-3-7-22(24)31-28(34)32(20-13-11-19(17-29)12-14-20)27-30-21-6-2-4-8-23(21)33(25)27/h2-16H,1H3. The molecule has 0 radical (unpaired) electrons. The highest BCUT2D eigenvalue weighted by molar-refractivity contribution is 5.93. The molecule has 0 bridgehead atoms. The lowest BCUT2D eigenvalue weighted by Gasteiger charge is -2.07. The van der Waals surface area contributed by atoms with E-state index in [4.69, 9.17) is 9.97 Å². The molecule has 3 heterocycles. The number of aryl methyl sites for hydroxylation is 1. The van der Waals surface area contributed by atoms with Crippen molar-refractivity contribution in [2.75, 3.05) is 0 Å². The van der Waals surface area contributed by atoms with Crippen LogP contribution < -0.4 is 0 Å². The molecule has 0 atom stereocenters. The Labute approximate surface area is 194 Å². The largest absolute Gasteiger partial charge is 0.276 e. The molecule has 160 valence electrons. The molecule has 0 aliphatic heterocycles. The summed E-state index contributed by atoms with van der Waals surface area (Å²) in [7, 11) is 0. The van der Waals surface area contributed by atoms with Crippen molar-refractivity contribution in [3.63, 3.8) is 0 Å². The Balaban J connectivity index is 1.86. The van der Waals surface area contributed by atoms with Gasteiger partial charge in [-0.15, -0.1) is 0 Å². The zero-order valence-electron chi connectivity index (χ0n) is 18.3. The van der Waals surface area contributed by atoms with E-state index >= 15 is 0 Å². The summed E-state index contributed by atoms with van der Waals surface area (Å²) < 4.78 is 6.49. The lowest BCUT2D eigenvalue weighted by molar-refractivity contribution is 1.03. The molecule has 0 aliphatic rings. The first kappa shape index (κ1) is 18.7. The Morgan fingerprint density at radius 2 is 1.24 bits per heavy atom. The van der Waals surface area contributed by atoms with Crippen LogP contribution in [0.15, 0.2) is 91.0 Å². The van der Waals surface area contributed by atoms with Gasteiger partial charge in [-0.2, -0.15) is 5.26 Å². The molecule has 4 aromatic carbocycles. The number of nitrogens with zero attached hydrogens (tertiary/aromatic N) is 6. The molecule has 0 N–H and O–H groups in total. The molecule has 0 saturated carbocycles. The molecular weight excluding hydrogens is 420 g/mol. The number of imidazole rings is 2. The average Bonchev–Trinajstić information content (AvgIpc) is 3.40. The fraction of sp³-hybridized carbons (Fsp3) is 0.0357. The maximum atomic E-state index is 9.34. The third kappa shape index (κ3) is 2.49. The van der Waals surface area contributed by atoms with Crippen LogP contribution in [-0.4, -0.2) is 23.3 Å². The predicted molar refractivity (Wildman–Crippen MR) is 134 cm³/mol. The second-order valence-electron chi connectivity index (χ2n) is 8.46. The molecule has 0 aliphatic carbocycles. The third-order valence-corrected chi connectivity index (χ3v) is 6.35. The number of rotatable bonds is 1. The number of aromatic nitrogens is 5. The quantitative estimate of drug-likeness (QED) is 0.317. The summed E-state index contributed by atoms with van der Waals surface area (Å²) in [6.45, 7) is 2.11. The van der Waals surface area contributed by atoms with Crippen molar-refractivity contribution in [1.82, 2.24) is 23.3 Å². The summed E-state index contributed by atoms with van der Waals surface area (Å²) in [6, 6.07) is 32.6. The first-order chi connectivity index (χ1) is 16.7. The fourth-order valence-corrected chi connectivity index (χ4v) is 4.81. The monoisotopic (exact) mass is 438 g/mol. The van der Waals surface area contributed by atoms with Crippen molar-refractivity contribution in [2.24, 2.45) is 0 Å². The molecule has 7 rings (SSSR count). The second-order valence-corrected chi connectivity index (χ2v) is 8.46. The topological polar surface area (TPSA) is 63.3 Å². The van der Waals surface area contributed by atoms with E-state index in [0.717, 1.165) is 50.3 Å². The highest BCUT2D eigenvalue weighted by Crippen LogP contribution is 2.29. The number of benzene rings is 4.